The number of nitrogens with zero attached hydrogens (tertiary/aromatic N) is 2. The first-order valence-corrected chi connectivity index (χ1v) is 7.94. The van der Waals surface area contributed by atoms with Crippen molar-refractivity contribution in [1.29, 1.82) is 0 Å². The van der Waals surface area contributed by atoms with Gasteiger partial charge in [0.15, 0.2) is 0 Å². The van der Waals surface area contributed by atoms with Gasteiger partial charge in [-0.2, -0.15) is 13.2 Å². The van der Waals surface area contributed by atoms with E-state index in [1.807, 2.05) is 0 Å². The highest BCUT2D eigenvalue weighted by Gasteiger charge is 2.41. The van der Waals surface area contributed by atoms with E-state index < -0.39 is 11.7 Å². The van der Waals surface area contributed by atoms with Gasteiger partial charge >= 0.3 is 6.18 Å². The zero-order chi connectivity index (χ0) is 16.7. The second-order valence-electron chi connectivity index (χ2n) is 6.86. The summed E-state index contributed by atoms with van der Waals surface area (Å²) in [6.45, 7) is 3.51. The van der Waals surface area contributed by atoms with E-state index in [-0.39, 0.29) is 11.3 Å². The Labute approximate surface area is 134 Å². The topological polar surface area (TPSA) is 23.6 Å². The van der Waals surface area contributed by atoms with Crippen molar-refractivity contribution in [3.63, 3.8) is 0 Å². The molecule has 1 amide bonds. The van der Waals surface area contributed by atoms with Gasteiger partial charge in [-0.05, 0) is 69.1 Å². The summed E-state index contributed by atoms with van der Waals surface area (Å²) in [7, 11) is 2.10. The molecule has 0 bridgehead atoms. The molecule has 1 aromatic rings. The fraction of sp³-hybridized carbons (Fsp3) is 0.588. The summed E-state index contributed by atoms with van der Waals surface area (Å²) in [4.78, 5) is 16.6. The van der Waals surface area contributed by atoms with E-state index in [0.717, 1.165) is 51.0 Å². The minimum atomic E-state index is -4.37. The van der Waals surface area contributed by atoms with Crippen LogP contribution >= 0.6 is 0 Å². The molecule has 1 spiro atoms. The fourth-order valence-electron chi connectivity index (χ4n) is 3.59. The predicted molar refractivity (Wildman–Crippen MR) is 81.1 cm³/mol. The minimum Gasteiger partial charge on any atom is -0.338 e. The van der Waals surface area contributed by atoms with E-state index in [1.54, 1.807) is 4.90 Å². The van der Waals surface area contributed by atoms with Crippen molar-refractivity contribution in [1.82, 2.24) is 9.80 Å². The molecule has 2 fully saturated rings. The molecule has 2 saturated heterocycles. The zero-order valence-corrected chi connectivity index (χ0v) is 13.2. The molecule has 0 radical (unpaired) electrons. The molecule has 0 N–H and O–H groups in total. The van der Waals surface area contributed by atoms with Crippen molar-refractivity contribution in [3.8, 4) is 0 Å². The van der Waals surface area contributed by atoms with Gasteiger partial charge < -0.3 is 9.80 Å². The van der Waals surface area contributed by atoms with E-state index >= 15 is 0 Å². The Bertz CT molecular complexity index is 574. The minimum absolute atomic E-state index is 0.158. The Balaban J connectivity index is 1.67. The standard InChI is InChI=1S/C17H21F3N2O/c1-21-9-6-16(7-10-21)8-11-22(12-16)15(23)13-2-4-14(5-3-13)17(18,19)20/h2-5H,6-12H2,1H3. The molecule has 2 aliphatic heterocycles. The number of benzene rings is 1. The van der Waals surface area contributed by atoms with Crippen molar-refractivity contribution in [2.45, 2.75) is 25.4 Å². The van der Waals surface area contributed by atoms with Crippen LogP contribution in [0.3, 0.4) is 0 Å². The van der Waals surface area contributed by atoms with Crippen LogP contribution in [0.2, 0.25) is 0 Å². The first kappa shape index (κ1) is 16.3. The molecule has 2 heterocycles. The van der Waals surface area contributed by atoms with Crippen LogP contribution in [-0.2, 0) is 6.18 Å². The highest BCUT2D eigenvalue weighted by molar-refractivity contribution is 5.94. The molecule has 3 nitrogen and oxygen atoms in total. The molecule has 0 atom stereocenters. The lowest BCUT2D eigenvalue weighted by Gasteiger charge is -2.37. The summed E-state index contributed by atoms with van der Waals surface area (Å²) in [6.07, 6.45) is -1.21. The van der Waals surface area contributed by atoms with E-state index in [1.165, 1.54) is 12.1 Å². The second kappa shape index (κ2) is 5.82. The van der Waals surface area contributed by atoms with Crippen molar-refractivity contribution in [3.05, 3.63) is 35.4 Å². The van der Waals surface area contributed by atoms with Gasteiger partial charge in [0.1, 0.15) is 0 Å². The van der Waals surface area contributed by atoms with E-state index in [0.29, 0.717) is 12.1 Å². The fourth-order valence-corrected chi connectivity index (χ4v) is 3.59. The average molecular weight is 326 g/mol. The van der Waals surface area contributed by atoms with Crippen LogP contribution < -0.4 is 0 Å². The largest absolute Gasteiger partial charge is 0.416 e. The number of carbonyl (C=O) groups excluding carboxylic acids is 1. The van der Waals surface area contributed by atoms with E-state index in [2.05, 4.69) is 11.9 Å². The molecule has 2 aliphatic rings. The number of halogens is 3. The summed E-state index contributed by atoms with van der Waals surface area (Å²) in [5, 5.41) is 0. The Morgan fingerprint density at radius 1 is 1.04 bits per heavy atom. The maximum Gasteiger partial charge on any atom is 0.416 e. The summed E-state index contributed by atoms with van der Waals surface area (Å²) in [5.41, 5.74) is -0.182. The third kappa shape index (κ3) is 3.37. The molecule has 126 valence electrons. The smallest absolute Gasteiger partial charge is 0.338 e. The number of carbonyl (C=O) groups is 1. The SMILES string of the molecule is CN1CCC2(CC1)CCN(C(=O)c1ccc(C(F)(F)F)cc1)C2. The maximum atomic E-state index is 12.6. The quantitative estimate of drug-likeness (QED) is 0.791. The molecule has 3 rings (SSSR count). The summed E-state index contributed by atoms with van der Waals surface area (Å²) in [5.74, 6) is -0.158. The highest BCUT2D eigenvalue weighted by atomic mass is 19.4. The molecular weight excluding hydrogens is 305 g/mol. The number of hydrogen-bond acceptors (Lipinski definition) is 2. The van der Waals surface area contributed by atoms with Gasteiger partial charge in [0.2, 0.25) is 0 Å². The lowest BCUT2D eigenvalue weighted by Crippen LogP contribution is -2.40. The Hall–Kier alpha value is -1.56. The molecule has 1 aromatic carbocycles. The summed E-state index contributed by atoms with van der Waals surface area (Å²) < 4.78 is 37.8. The zero-order valence-electron chi connectivity index (χ0n) is 13.2. The Morgan fingerprint density at radius 2 is 1.61 bits per heavy atom. The van der Waals surface area contributed by atoms with Gasteiger partial charge in [0, 0.05) is 18.7 Å². The number of hydrogen-bond donors (Lipinski definition) is 0. The summed E-state index contributed by atoms with van der Waals surface area (Å²) in [6, 6.07) is 4.53. The van der Waals surface area contributed by atoms with Gasteiger partial charge in [-0.3, -0.25) is 4.79 Å². The molecule has 0 unspecified atom stereocenters. The van der Waals surface area contributed by atoms with E-state index in [4.69, 9.17) is 0 Å². The normalized spacial score (nSPS) is 21.8. The van der Waals surface area contributed by atoms with Crippen molar-refractivity contribution < 1.29 is 18.0 Å². The lowest BCUT2D eigenvalue weighted by molar-refractivity contribution is -0.137. The monoisotopic (exact) mass is 326 g/mol. The van der Waals surface area contributed by atoms with Gasteiger partial charge in [-0.1, -0.05) is 0 Å². The highest BCUT2D eigenvalue weighted by Crippen LogP contribution is 2.40. The Kier molecular flexibility index (Phi) is 4.12. The van der Waals surface area contributed by atoms with Gasteiger partial charge in [0.25, 0.3) is 5.91 Å². The molecule has 0 saturated carbocycles. The van der Waals surface area contributed by atoms with Gasteiger partial charge in [-0.15, -0.1) is 0 Å². The van der Waals surface area contributed by atoms with Crippen LogP contribution in [0.5, 0.6) is 0 Å². The summed E-state index contributed by atoms with van der Waals surface area (Å²) >= 11 is 0. The number of rotatable bonds is 1. The number of piperidine rings is 1. The molecule has 23 heavy (non-hydrogen) atoms. The van der Waals surface area contributed by atoms with E-state index in [9.17, 15) is 18.0 Å². The van der Waals surface area contributed by atoms with Crippen LogP contribution in [0.4, 0.5) is 13.2 Å². The van der Waals surface area contributed by atoms with Crippen molar-refractivity contribution in [2.24, 2.45) is 5.41 Å². The van der Waals surface area contributed by atoms with Crippen molar-refractivity contribution >= 4 is 5.91 Å². The van der Waals surface area contributed by atoms with Crippen LogP contribution in [0, 0.1) is 5.41 Å². The van der Waals surface area contributed by atoms with Crippen LogP contribution in [0.1, 0.15) is 35.2 Å². The third-order valence-electron chi connectivity index (χ3n) is 5.23. The first-order valence-electron chi connectivity index (χ1n) is 7.94. The number of alkyl halides is 3. The van der Waals surface area contributed by atoms with Crippen LogP contribution in [0.25, 0.3) is 0 Å². The Morgan fingerprint density at radius 3 is 2.17 bits per heavy atom. The van der Waals surface area contributed by atoms with Gasteiger partial charge in [0.05, 0.1) is 5.56 Å². The van der Waals surface area contributed by atoms with Gasteiger partial charge in [-0.25, -0.2) is 0 Å². The number of likely N-dealkylation sites (tertiary alicyclic amines) is 2. The predicted octanol–water partition coefficient (Wildman–Crippen LogP) is 3.26. The lowest BCUT2D eigenvalue weighted by atomic mass is 9.78. The van der Waals surface area contributed by atoms with Crippen LogP contribution in [-0.4, -0.2) is 48.9 Å². The number of amides is 1. The first-order chi connectivity index (χ1) is 10.8. The van der Waals surface area contributed by atoms with Crippen molar-refractivity contribution in [2.75, 3.05) is 33.2 Å². The molecule has 0 aliphatic carbocycles. The molecular formula is C17H21F3N2O. The van der Waals surface area contributed by atoms with Crippen LogP contribution in [0.15, 0.2) is 24.3 Å². The molecule has 6 heteroatoms. The second-order valence-corrected chi connectivity index (χ2v) is 6.86. The third-order valence-corrected chi connectivity index (χ3v) is 5.23. The average Bonchev–Trinajstić information content (AvgIpc) is 2.93. The maximum absolute atomic E-state index is 12.6. The molecule has 0 aromatic heterocycles.